The molecule has 76 valence electrons. The zero-order valence-corrected chi connectivity index (χ0v) is 9.05. The molecule has 14 heavy (non-hydrogen) atoms. The van der Waals surface area contributed by atoms with Crippen LogP contribution in [0.4, 0.5) is 0 Å². The van der Waals surface area contributed by atoms with Crippen molar-refractivity contribution in [3.63, 3.8) is 0 Å². The van der Waals surface area contributed by atoms with Crippen LogP contribution in [0.15, 0.2) is 18.3 Å². The first-order valence-corrected chi connectivity index (χ1v) is 5.22. The van der Waals surface area contributed by atoms with Gasteiger partial charge in [0.05, 0.1) is 0 Å². The van der Waals surface area contributed by atoms with Gasteiger partial charge in [0, 0.05) is 19.0 Å². The van der Waals surface area contributed by atoms with Gasteiger partial charge in [-0.1, -0.05) is 31.0 Å². The van der Waals surface area contributed by atoms with Crippen molar-refractivity contribution in [2.45, 2.75) is 32.6 Å². The Morgan fingerprint density at radius 2 is 2.29 bits per heavy atom. The number of ketones is 1. The smallest absolute Gasteiger partial charge is 0.137 e. The van der Waals surface area contributed by atoms with Gasteiger partial charge in [-0.2, -0.15) is 0 Å². The Bertz CT molecular complexity index is 295. The van der Waals surface area contributed by atoms with Crippen LogP contribution in [0.2, 0.25) is 5.15 Å². The van der Waals surface area contributed by atoms with E-state index in [1.165, 1.54) is 0 Å². The number of rotatable bonds is 5. The largest absolute Gasteiger partial charge is 0.299 e. The maximum Gasteiger partial charge on any atom is 0.137 e. The summed E-state index contributed by atoms with van der Waals surface area (Å²) in [5, 5.41) is 0.467. The molecule has 0 unspecified atom stereocenters. The van der Waals surface area contributed by atoms with Gasteiger partial charge < -0.3 is 0 Å². The Morgan fingerprint density at radius 1 is 1.50 bits per heavy atom. The number of aromatic nitrogens is 1. The minimum Gasteiger partial charge on any atom is -0.299 e. The normalized spacial score (nSPS) is 10.1. The Balaban J connectivity index is 2.44. The molecule has 1 heterocycles. The van der Waals surface area contributed by atoms with Gasteiger partial charge in [0.25, 0.3) is 0 Å². The maximum absolute atomic E-state index is 11.4. The van der Waals surface area contributed by atoms with E-state index in [1.807, 2.05) is 6.07 Å². The van der Waals surface area contributed by atoms with Crippen molar-refractivity contribution in [3.8, 4) is 0 Å². The molecule has 1 rings (SSSR count). The van der Waals surface area contributed by atoms with E-state index >= 15 is 0 Å². The molecule has 0 saturated heterocycles. The zero-order chi connectivity index (χ0) is 10.4. The van der Waals surface area contributed by atoms with Crippen LogP contribution in [-0.4, -0.2) is 10.8 Å². The molecule has 0 bridgehead atoms. The molecule has 0 amide bonds. The first kappa shape index (κ1) is 11.2. The number of hydrogen-bond acceptors (Lipinski definition) is 2. The third-order valence-corrected chi connectivity index (χ3v) is 2.22. The van der Waals surface area contributed by atoms with Crippen LogP contribution in [0.5, 0.6) is 0 Å². The number of carbonyl (C=O) groups excluding carboxylic acids is 1. The Morgan fingerprint density at radius 3 is 2.86 bits per heavy atom. The van der Waals surface area contributed by atoms with Crippen molar-refractivity contribution in [1.82, 2.24) is 4.98 Å². The second-order valence-corrected chi connectivity index (χ2v) is 3.70. The molecule has 0 aliphatic carbocycles. The van der Waals surface area contributed by atoms with Crippen LogP contribution in [0.3, 0.4) is 0 Å². The molecule has 2 nitrogen and oxygen atoms in total. The van der Waals surface area contributed by atoms with Gasteiger partial charge in [0.1, 0.15) is 10.9 Å². The highest BCUT2D eigenvalue weighted by Gasteiger charge is 2.03. The summed E-state index contributed by atoms with van der Waals surface area (Å²) in [4.78, 5) is 15.3. The van der Waals surface area contributed by atoms with Crippen LogP contribution in [0.1, 0.15) is 31.7 Å². The fourth-order valence-corrected chi connectivity index (χ4v) is 1.31. The number of hydrogen-bond donors (Lipinski definition) is 0. The summed E-state index contributed by atoms with van der Waals surface area (Å²) >= 11 is 5.64. The number of carbonyl (C=O) groups is 1. The van der Waals surface area contributed by atoms with Crippen molar-refractivity contribution in [2.75, 3.05) is 0 Å². The highest BCUT2D eigenvalue weighted by Crippen LogP contribution is 2.07. The number of pyridine rings is 1. The lowest BCUT2D eigenvalue weighted by Crippen LogP contribution is -2.02. The molecule has 0 aromatic carbocycles. The molecule has 0 radical (unpaired) electrons. The second-order valence-electron chi connectivity index (χ2n) is 3.31. The number of Topliss-reactive ketones (excluding diaryl/α,β-unsaturated/α-hetero) is 1. The fraction of sp³-hybridized carbons (Fsp3) is 0.455. The molecule has 0 saturated carbocycles. The molecule has 0 N–H and O–H groups in total. The first-order valence-electron chi connectivity index (χ1n) is 4.84. The zero-order valence-electron chi connectivity index (χ0n) is 8.29. The number of halogens is 1. The molecule has 0 spiro atoms. The molecule has 3 heteroatoms. The van der Waals surface area contributed by atoms with Gasteiger partial charge in [0.2, 0.25) is 0 Å². The predicted molar refractivity (Wildman–Crippen MR) is 57.5 cm³/mol. The van der Waals surface area contributed by atoms with Gasteiger partial charge in [-0.05, 0) is 18.1 Å². The second kappa shape index (κ2) is 5.76. The van der Waals surface area contributed by atoms with E-state index in [9.17, 15) is 4.79 Å². The molecule has 0 aliphatic heterocycles. The Hall–Kier alpha value is -0.890. The SMILES string of the molecule is CCCCC(=O)Cc1ccc(Cl)nc1. The minimum absolute atomic E-state index is 0.274. The van der Waals surface area contributed by atoms with E-state index in [4.69, 9.17) is 11.6 Å². The van der Waals surface area contributed by atoms with E-state index in [2.05, 4.69) is 11.9 Å². The minimum atomic E-state index is 0.274. The third-order valence-electron chi connectivity index (χ3n) is 2.00. The van der Waals surface area contributed by atoms with Gasteiger partial charge in [-0.3, -0.25) is 4.79 Å². The topological polar surface area (TPSA) is 30.0 Å². The summed E-state index contributed by atoms with van der Waals surface area (Å²) in [5.41, 5.74) is 0.940. The van der Waals surface area contributed by atoms with Crippen molar-refractivity contribution < 1.29 is 4.79 Å². The van der Waals surface area contributed by atoms with Crippen LogP contribution >= 0.6 is 11.6 Å². The van der Waals surface area contributed by atoms with Crippen LogP contribution in [0.25, 0.3) is 0 Å². The van der Waals surface area contributed by atoms with Crippen LogP contribution in [-0.2, 0) is 11.2 Å². The summed E-state index contributed by atoms with van der Waals surface area (Å²) in [6.45, 7) is 2.08. The van der Waals surface area contributed by atoms with Gasteiger partial charge in [-0.25, -0.2) is 4.98 Å². The van der Waals surface area contributed by atoms with Crippen LogP contribution < -0.4 is 0 Å². The molecule has 1 aromatic heterocycles. The number of unbranched alkanes of at least 4 members (excludes halogenated alkanes) is 1. The summed E-state index contributed by atoms with van der Waals surface area (Å²) in [6.07, 6.45) is 4.83. The average Bonchev–Trinajstić information content (AvgIpc) is 2.18. The van der Waals surface area contributed by atoms with E-state index < -0.39 is 0 Å². The lowest BCUT2D eigenvalue weighted by molar-refractivity contribution is -0.118. The standard InChI is InChI=1S/C11H14ClNO/c1-2-3-4-10(14)7-9-5-6-11(12)13-8-9/h5-6,8H,2-4,7H2,1H3. The summed E-state index contributed by atoms with van der Waals surface area (Å²) in [5.74, 6) is 0.274. The number of nitrogens with zero attached hydrogens (tertiary/aromatic N) is 1. The highest BCUT2D eigenvalue weighted by atomic mass is 35.5. The molecule has 0 atom stereocenters. The van der Waals surface area contributed by atoms with E-state index in [0.717, 1.165) is 18.4 Å². The van der Waals surface area contributed by atoms with Crippen LogP contribution in [0, 0.1) is 0 Å². The van der Waals surface area contributed by atoms with Crippen molar-refractivity contribution in [1.29, 1.82) is 0 Å². The first-order chi connectivity index (χ1) is 6.72. The third kappa shape index (κ3) is 3.88. The van der Waals surface area contributed by atoms with E-state index in [1.54, 1.807) is 12.3 Å². The molecule has 0 fully saturated rings. The van der Waals surface area contributed by atoms with E-state index in [0.29, 0.717) is 18.0 Å². The average molecular weight is 212 g/mol. The Kier molecular flexibility index (Phi) is 4.60. The van der Waals surface area contributed by atoms with Gasteiger partial charge in [-0.15, -0.1) is 0 Å². The quantitative estimate of drug-likeness (QED) is 0.701. The van der Waals surface area contributed by atoms with Gasteiger partial charge in [0.15, 0.2) is 0 Å². The van der Waals surface area contributed by atoms with Gasteiger partial charge >= 0.3 is 0 Å². The predicted octanol–water partition coefficient (Wildman–Crippen LogP) is 3.04. The lowest BCUT2D eigenvalue weighted by atomic mass is 10.1. The summed E-state index contributed by atoms with van der Waals surface area (Å²) < 4.78 is 0. The maximum atomic E-state index is 11.4. The molecule has 1 aromatic rings. The fourth-order valence-electron chi connectivity index (χ4n) is 1.20. The molecular weight excluding hydrogens is 198 g/mol. The Labute approximate surface area is 89.3 Å². The molecular formula is C11H14ClNO. The summed E-state index contributed by atoms with van der Waals surface area (Å²) in [7, 11) is 0. The lowest BCUT2D eigenvalue weighted by Gasteiger charge is -1.99. The van der Waals surface area contributed by atoms with E-state index in [-0.39, 0.29) is 5.78 Å². The van der Waals surface area contributed by atoms with Crippen molar-refractivity contribution in [2.24, 2.45) is 0 Å². The van der Waals surface area contributed by atoms with Crippen molar-refractivity contribution in [3.05, 3.63) is 29.0 Å². The highest BCUT2D eigenvalue weighted by molar-refractivity contribution is 6.29. The summed E-state index contributed by atoms with van der Waals surface area (Å²) in [6, 6.07) is 3.56. The monoisotopic (exact) mass is 211 g/mol. The van der Waals surface area contributed by atoms with Crippen molar-refractivity contribution >= 4 is 17.4 Å². The molecule has 0 aliphatic rings.